The van der Waals surface area contributed by atoms with Crippen molar-refractivity contribution < 1.29 is 9.59 Å². The molecule has 126 valence electrons. The number of nitrogens with one attached hydrogen (secondary N) is 1. The zero-order chi connectivity index (χ0) is 17.7. The lowest BCUT2D eigenvalue weighted by Gasteiger charge is -2.28. The van der Waals surface area contributed by atoms with Crippen molar-refractivity contribution in [3.05, 3.63) is 64.1 Å². The second-order valence-corrected chi connectivity index (χ2v) is 6.60. The van der Waals surface area contributed by atoms with Crippen LogP contribution in [0.3, 0.4) is 0 Å². The first-order valence-corrected chi connectivity index (χ1v) is 8.56. The summed E-state index contributed by atoms with van der Waals surface area (Å²) in [6.45, 7) is 5.38. The molecular weight excluding hydrogens is 368 g/mol. The minimum atomic E-state index is -0.213. The second kappa shape index (κ2) is 8.11. The molecule has 0 heterocycles. The van der Waals surface area contributed by atoms with E-state index in [1.54, 1.807) is 4.90 Å². The number of anilines is 1. The number of aryl methyl sites for hydroxylation is 1. The second-order valence-electron chi connectivity index (χ2n) is 5.75. The van der Waals surface area contributed by atoms with Crippen LogP contribution in [-0.2, 0) is 9.59 Å². The summed E-state index contributed by atoms with van der Waals surface area (Å²) >= 11 is 3.43. The molecule has 0 saturated carbocycles. The summed E-state index contributed by atoms with van der Waals surface area (Å²) in [5.41, 5.74) is 2.76. The molecule has 1 N–H and O–H groups in total. The molecule has 2 aromatic carbocycles. The van der Waals surface area contributed by atoms with Gasteiger partial charge in [0.1, 0.15) is 6.54 Å². The lowest BCUT2D eigenvalue weighted by Crippen LogP contribution is -2.38. The van der Waals surface area contributed by atoms with Crippen molar-refractivity contribution >= 4 is 33.4 Å². The molecule has 0 spiro atoms. The molecule has 0 aromatic heterocycles. The fourth-order valence-corrected chi connectivity index (χ4v) is 2.76. The van der Waals surface area contributed by atoms with Crippen molar-refractivity contribution in [2.24, 2.45) is 0 Å². The van der Waals surface area contributed by atoms with Crippen LogP contribution in [0.1, 0.15) is 31.0 Å². The van der Waals surface area contributed by atoms with Gasteiger partial charge in [0.25, 0.3) is 0 Å². The quantitative estimate of drug-likeness (QED) is 0.829. The van der Waals surface area contributed by atoms with E-state index in [0.29, 0.717) is 0 Å². The Labute approximate surface area is 151 Å². The first-order chi connectivity index (χ1) is 11.4. The number of hydrogen-bond donors (Lipinski definition) is 1. The van der Waals surface area contributed by atoms with E-state index < -0.39 is 0 Å². The number of benzene rings is 2. The van der Waals surface area contributed by atoms with Crippen molar-refractivity contribution in [2.45, 2.75) is 26.8 Å². The molecule has 5 heteroatoms. The molecule has 4 nitrogen and oxygen atoms in total. The Morgan fingerprint density at radius 2 is 1.83 bits per heavy atom. The number of rotatable bonds is 5. The Kier molecular flexibility index (Phi) is 6.15. The normalized spacial score (nSPS) is 11.7. The van der Waals surface area contributed by atoms with Crippen LogP contribution in [0.2, 0.25) is 0 Å². The van der Waals surface area contributed by atoms with Gasteiger partial charge in [-0.1, -0.05) is 46.3 Å². The molecule has 0 aliphatic rings. The van der Waals surface area contributed by atoms with Gasteiger partial charge >= 0.3 is 0 Å². The maximum absolute atomic E-state index is 12.3. The largest absolute Gasteiger partial charge is 0.327 e. The maximum atomic E-state index is 12.3. The fraction of sp³-hybridized carbons (Fsp3) is 0.263. The van der Waals surface area contributed by atoms with Crippen molar-refractivity contribution in [3.63, 3.8) is 0 Å². The molecule has 0 aliphatic carbocycles. The third-order valence-electron chi connectivity index (χ3n) is 3.91. The number of carbonyl (C=O) groups excluding carboxylic acids is 2. The van der Waals surface area contributed by atoms with Crippen molar-refractivity contribution in [1.29, 1.82) is 0 Å². The van der Waals surface area contributed by atoms with E-state index in [9.17, 15) is 9.59 Å². The molecule has 1 atom stereocenters. The number of amides is 2. The zero-order valence-electron chi connectivity index (χ0n) is 14.0. The van der Waals surface area contributed by atoms with Crippen LogP contribution < -0.4 is 5.32 Å². The van der Waals surface area contributed by atoms with Gasteiger partial charge in [-0.25, -0.2) is 0 Å². The SMILES string of the molecule is CC(=O)N(CC(=O)Nc1ccc(Br)c(C)c1)C(C)c1ccccc1. The van der Waals surface area contributed by atoms with Gasteiger partial charge in [0, 0.05) is 17.1 Å². The molecule has 2 amide bonds. The minimum Gasteiger partial charge on any atom is -0.327 e. The van der Waals surface area contributed by atoms with Crippen LogP contribution in [0.4, 0.5) is 5.69 Å². The predicted molar refractivity (Wildman–Crippen MR) is 99.8 cm³/mol. The Morgan fingerprint density at radius 1 is 1.17 bits per heavy atom. The highest BCUT2D eigenvalue weighted by Gasteiger charge is 2.21. The van der Waals surface area contributed by atoms with Crippen molar-refractivity contribution in [3.8, 4) is 0 Å². The third kappa shape index (κ3) is 4.68. The van der Waals surface area contributed by atoms with Gasteiger partial charge in [0.2, 0.25) is 11.8 Å². The summed E-state index contributed by atoms with van der Waals surface area (Å²) in [7, 11) is 0. The Hall–Kier alpha value is -2.14. The summed E-state index contributed by atoms with van der Waals surface area (Å²) in [5.74, 6) is -0.344. The van der Waals surface area contributed by atoms with Gasteiger partial charge in [-0.05, 0) is 43.2 Å². The molecule has 2 rings (SSSR count). The average Bonchev–Trinajstić information content (AvgIpc) is 2.56. The first kappa shape index (κ1) is 18.2. The summed E-state index contributed by atoms with van der Waals surface area (Å²) in [6.07, 6.45) is 0. The lowest BCUT2D eigenvalue weighted by molar-refractivity contribution is -0.134. The van der Waals surface area contributed by atoms with E-state index in [2.05, 4.69) is 21.2 Å². The van der Waals surface area contributed by atoms with Gasteiger partial charge in [-0.3, -0.25) is 9.59 Å². The van der Waals surface area contributed by atoms with Crippen molar-refractivity contribution in [1.82, 2.24) is 4.90 Å². The van der Waals surface area contributed by atoms with Gasteiger partial charge in [0.15, 0.2) is 0 Å². The smallest absolute Gasteiger partial charge is 0.244 e. The Bertz CT molecular complexity index is 731. The number of carbonyl (C=O) groups is 2. The lowest BCUT2D eigenvalue weighted by atomic mass is 10.1. The number of halogens is 1. The van der Waals surface area contributed by atoms with Crippen LogP contribution in [0.5, 0.6) is 0 Å². The zero-order valence-corrected chi connectivity index (χ0v) is 15.6. The maximum Gasteiger partial charge on any atom is 0.244 e. The summed E-state index contributed by atoms with van der Waals surface area (Å²) < 4.78 is 0.989. The van der Waals surface area contributed by atoms with Crippen LogP contribution in [0.25, 0.3) is 0 Å². The first-order valence-electron chi connectivity index (χ1n) is 7.76. The standard InChI is InChI=1S/C19H21BrN2O2/c1-13-11-17(9-10-18(13)20)21-19(24)12-22(15(3)23)14(2)16-7-5-4-6-8-16/h4-11,14H,12H2,1-3H3,(H,21,24). The highest BCUT2D eigenvalue weighted by atomic mass is 79.9. The van der Waals surface area contributed by atoms with Gasteiger partial charge in [-0.15, -0.1) is 0 Å². The van der Waals surface area contributed by atoms with Crippen LogP contribution in [-0.4, -0.2) is 23.3 Å². The van der Waals surface area contributed by atoms with Gasteiger partial charge in [0.05, 0.1) is 6.04 Å². The van der Waals surface area contributed by atoms with Crippen molar-refractivity contribution in [2.75, 3.05) is 11.9 Å². The van der Waals surface area contributed by atoms with E-state index in [1.807, 2.05) is 62.4 Å². The fourth-order valence-electron chi connectivity index (χ4n) is 2.51. The third-order valence-corrected chi connectivity index (χ3v) is 4.80. The van der Waals surface area contributed by atoms with E-state index in [1.165, 1.54) is 6.92 Å². The minimum absolute atomic E-state index is 0.0144. The summed E-state index contributed by atoms with van der Waals surface area (Å²) in [4.78, 5) is 25.9. The van der Waals surface area contributed by atoms with E-state index >= 15 is 0 Å². The molecule has 1 unspecified atom stereocenters. The topological polar surface area (TPSA) is 49.4 Å². The molecule has 0 aliphatic heterocycles. The molecule has 0 saturated heterocycles. The summed E-state index contributed by atoms with van der Waals surface area (Å²) in [6, 6.07) is 15.1. The average molecular weight is 389 g/mol. The Balaban J connectivity index is 2.08. The highest BCUT2D eigenvalue weighted by Crippen LogP contribution is 2.22. The molecule has 24 heavy (non-hydrogen) atoms. The molecule has 0 fully saturated rings. The molecule has 0 bridgehead atoms. The van der Waals surface area contributed by atoms with Crippen LogP contribution in [0.15, 0.2) is 53.0 Å². The van der Waals surface area contributed by atoms with Gasteiger partial charge < -0.3 is 10.2 Å². The molecule has 0 radical (unpaired) electrons. The highest BCUT2D eigenvalue weighted by molar-refractivity contribution is 9.10. The Morgan fingerprint density at radius 3 is 2.42 bits per heavy atom. The van der Waals surface area contributed by atoms with E-state index in [0.717, 1.165) is 21.3 Å². The van der Waals surface area contributed by atoms with E-state index in [-0.39, 0.29) is 24.4 Å². The van der Waals surface area contributed by atoms with E-state index in [4.69, 9.17) is 0 Å². The molecular formula is C19H21BrN2O2. The van der Waals surface area contributed by atoms with Gasteiger partial charge in [-0.2, -0.15) is 0 Å². The molecule has 2 aromatic rings. The predicted octanol–water partition coefficient (Wildman–Crippen LogP) is 4.31. The van der Waals surface area contributed by atoms with Crippen LogP contribution >= 0.6 is 15.9 Å². The van der Waals surface area contributed by atoms with Crippen LogP contribution in [0, 0.1) is 6.92 Å². The number of hydrogen-bond acceptors (Lipinski definition) is 2. The number of nitrogens with zero attached hydrogens (tertiary/aromatic N) is 1. The summed E-state index contributed by atoms with van der Waals surface area (Å²) in [5, 5.41) is 2.85. The monoisotopic (exact) mass is 388 g/mol.